The molecule has 1 aliphatic rings. The maximum absolute atomic E-state index is 12.5. The Morgan fingerprint density at radius 1 is 0.771 bits per heavy atom. The Kier molecular flexibility index (Phi) is 12.4. The fourth-order valence-corrected chi connectivity index (χ4v) is 4.38. The predicted octanol–water partition coefficient (Wildman–Crippen LogP) is 5.72. The van der Waals surface area contributed by atoms with Gasteiger partial charge in [0.25, 0.3) is 0 Å². The van der Waals surface area contributed by atoms with Crippen LogP contribution in [-0.4, -0.2) is 76.7 Å². The van der Waals surface area contributed by atoms with Crippen LogP contribution in [0.5, 0.6) is 0 Å². The lowest BCUT2D eigenvalue weighted by Gasteiger charge is -2.19. The van der Waals surface area contributed by atoms with Crippen molar-refractivity contribution in [1.82, 2.24) is 4.90 Å². The molecule has 0 bridgehead atoms. The summed E-state index contributed by atoms with van der Waals surface area (Å²) < 4.78 is 22.3. The zero-order valence-electron chi connectivity index (χ0n) is 20.8. The van der Waals surface area contributed by atoms with Crippen LogP contribution in [0.1, 0.15) is 42.7 Å². The number of carbonyl (C=O) groups is 1. The molecule has 2 aromatic carbocycles. The maximum atomic E-state index is 12.5. The Morgan fingerprint density at radius 3 is 1.94 bits per heavy atom. The van der Waals surface area contributed by atoms with E-state index < -0.39 is 0 Å². The minimum atomic E-state index is -0.341. The summed E-state index contributed by atoms with van der Waals surface area (Å²) in [6.45, 7) is 4.13. The average Bonchev–Trinajstić information content (AvgIpc) is 3.21. The van der Waals surface area contributed by atoms with Gasteiger partial charge in [-0.15, -0.1) is 11.6 Å². The number of rotatable bonds is 17. The van der Waals surface area contributed by atoms with E-state index in [1.165, 1.54) is 22.3 Å². The summed E-state index contributed by atoms with van der Waals surface area (Å²) in [7, 11) is 1.73. The predicted molar refractivity (Wildman–Crippen MR) is 139 cm³/mol. The van der Waals surface area contributed by atoms with Crippen LogP contribution in [-0.2, 0) is 18.9 Å². The van der Waals surface area contributed by atoms with Gasteiger partial charge in [0.2, 0.25) is 0 Å². The van der Waals surface area contributed by atoms with E-state index in [1.54, 1.807) is 11.9 Å². The molecule has 0 fully saturated rings. The normalized spacial score (nSPS) is 12.4. The fourth-order valence-electron chi connectivity index (χ4n) is 4.19. The first kappa shape index (κ1) is 27.5. The van der Waals surface area contributed by atoms with E-state index in [4.69, 9.17) is 30.5 Å². The fraction of sp³-hybridized carbons (Fsp3) is 0.536. The van der Waals surface area contributed by atoms with Crippen molar-refractivity contribution < 1.29 is 23.7 Å². The van der Waals surface area contributed by atoms with Crippen molar-refractivity contribution in [2.24, 2.45) is 0 Å². The average molecular weight is 504 g/mol. The van der Waals surface area contributed by atoms with Gasteiger partial charge in [-0.25, -0.2) is 4.79 Å². The van der Waals surface area contributed by atoms with Gasteiger partial charge in [0.15, 0.2) is 0 Å². The van der Waals surface area contributed by atoms with E-state index in [-0.39, 0.29) is 12.0 Å². The second-order valence-electron chi connectivity index (χ2n) is 8.67. The smallest absolute Gasteiger partial charge is 0.409 e. The van der Waals surface area contributed by atoms with Crippen LogP contribution in [0.25, 0.3) is 11.1 Å². The Morgan fingerprint density at radius 2 is 1.31 bits per heavy atom. The van der Waals surface area contributed by atoms with Gasteiger partial charge in [0.05, 0.1) is 33.0 Å². The van der Waals surface area contributed by atoms with Crippen molar-refractivity contribution in [2.45, 2.75) is 31.6 Å². The highest BCUT2D eigenvalue weighted by molar-refractivity contribution is 6.17. The van der Waals surface area contributed by atoms with Gasteiger partial charge < -0.3 is 23.8 Å². The Balaban J connectivity index is 1.23. The molecule has 35 heavy (non-hydrogen) atoms. The summed E-state index contributed by atoms with van der Waals surface area (Å²) in [5, 5.41) is 0. The third-order valence-electron chi connectivity index (χ3n) is 6.14. The van der Waals surface area contributed by atoms with Crippen molar-refractivity contribution in [2.75, 3.05) is 65.7 Å². The number of hydrogen-bond donors (Lipinski definition) is 0. The first-order valence-corrected chi connectivity index (χ1v) is 13.1. The molecule has 0 unspecified atom stereocenters. The number of likely N-dealkylation sites (N-methyl/N-ethyl adjacent to an activating group) is 1. The van der Waals surface area contributed by atoms with Gasteiger partial charge in [0.1, 0.15) is 6.61 Å². The Hall–Kier alpha value is -2.12. The third-order valence-corrected chi connectivity index (χ3v) is 6.40. The van der Waals surface area contributed by atoms with E-state index >= 15 is 0 Å². The number of fused-ring (bicyclic) bond motifs is 3. The summed E-state index contributed by atoms with van der Waals surface area (Å²) in [4.78, 5) is 14.0. The summed E-state index contributed by atoms with van der Waals surface area (Å²) in [6.07, 6.45) is 4.12. The van der Waals surface area contributed by atoms with Crippen molar-refractivity contribution in [1.29, 1.82) is 0 Å². The molecule has 3 rings (SSSR count). The van der Waals surface area contributed by atoms with E-state index in [0.717, 1.165) is 38.2 Å². The molecule has 0 atom stereocenters. The number of hydrogen-bond acceptors (Lipinski definition) is 5. The number of ether oxygens (including phenoxy) is 4. The van der Waals surface area contributed by atoms with Crippen LogP contribution in [0.4, 0.5) is 4.79 Å². The number of alkyl halides is 1. The molecule has 0 saturated carbocycles. The summed E-state index contributed by atoms with van der Waals surface area (Å²) in [5.74, 6) is 0.802. The second-order valence-corrected chi connectivity index (χ2v) is 9.04. The van der Waals surface area contributed by atoms with Crippen LogP contribution in [0.3, 0.4) is 0 Å². The standard InChI is InChI=1S/C28H38ClNO5/c1-30(15-17-33-19-21-34-20-18-32-16-9-3-2-8-14-29)28(31)35-22-27-25-12-6-4-10-23(25)24-11-5-7-13-26(24)27/h4-7,10-13,27H,2-3,8-9,14-22H2,1H3. The SMILES string of the molecule is CN(CCOCCOCCOCCCCCCCl)C(=O)OCC1c2ccccc2-c2ccccc21. The second kappa shape index (κ2) is 15.8. The van der Waals surface area contributed by atoms with Crippen LogP contribution in [0.15, 0.2) is 48.5 Å². The molecular weight excluding hydrogens is 466 g/mol. The molecule has 0 spiro atoms. The molecule has 1 aliphatic carbocycles. The molecule has 2 aromatic rings. The zero-order valence-corrected chi connectivity index (χ0v) is 21.5. The monoisotopic (exact) mass is 503 g/mol. The molecule has 0 heterocycles. The van der Waals surface area contributed by atoms with Gasteiger partial charge in [-0.2, -0.15) is 0 Å². The lowest BCUT2D eigenvalue weighted by molar-refractivity contribution is 0.0105. The van der Waals surface area contributed by atoms with Gasteiger partial charge >= 0.3 is 6.09 Å². The van der Waals surface area contributed by atoms with Crippen molar-refractivity contribution in [3.05, 3.63) is 59.7 Å². The van der Waals surface area contributed by atoms with E-state index in [1.807, 2.05) is 24.3 Å². The van der Waals surface area contributed by atoms with Crippen molar-refractivity contribution in [3.8, 4) is 11.1 Å². The molecule has 0 radical (unpaired) electrons. The van der Waals surface area contributed by atoms with Crippen molar-refractivity contribution >= 4 is 17.7 Å². The number of unbranched alkanes of at least 4 members (excludes halogenated alkanes) is 3. The highest BCUT2D eigenvalue weighted by Crippen LogP contribution is 2.44. The van der Waals surface area contributed by atoms with Crippen molar-refractivity contribution in [3.63, 3.8) is 0 Å². The minimum Gasteiger partial charge on any atom is -0.448 e. The molecular formula is C28H38ClNO5. The minimum absolute atomic E-state index is 0.0630. The van der Waals surface area contributed by atoms with E-state index in [2.05, 4.69) is 24.3 Å². The number of carbonyl (C=O) groups excluding carboxylic acids is 1. The lowest BCUT2D eigenvalue weighted by Crippen LogP contribution is -2.32. The van der Waals surface area contributed by atoms with Gasteiger partial charge in [-0.3, -0.25) is 0 Å². The Bertz CT molecular complexity index is 848. The van der Waals surface area contributed by atoms with Crippen LogP contribution in [0, 0.1) is 0 Å². The van der Waals surface area contributed by atoms with Gasteiger partial charge in [-0.1, -0.05) is 61.4 Å². The highest BCUT2D eigenvalue weighted by atomic mass is 35.5. The number of benzene rings is 2. The Labute approximate surface area is 214 Å². The molecule has 0 N–H and O–H groups in total. The van der Waals surface area contributed by atoms with E-state index in [9.17, 15) is 4.79 Å². The molecule has 1 amide bonds. The van der Waals surface area contributed by atoms with Crippen LogP contribution in [0.2, 0.25) is 0 Å². The zero-order chi connectivity index (χ0) is 24.7. The van der Waals surface area contributed by atoms with Gasteiger partial charge in [-0.05, 0) is 35.1 Å². The first-order valence-electron chi connectivity index (χ1n) is 12.6. The van der Waals surface area contributed by atoms with E-state index in [0.29, 0.717) is 46.2 Å². The number of nitrogens with zero attached hydrogens (tertiary/aromatic N) is 1. The molecule has 0 aliphatic heterocycles. The molecule has 192 valence electrons. The van der Waals surface area contributed by atoms with Gasteiger partial charge in [0, 0.05) is 32.0 Å². The summed E-state index contributed by atoms with van der Waals surface area (Å²) in [5.41, 5.74) is 4.86. The molecule has 0 saturated heterocycles. The van der Waals surface area contributed by atoms with Crippen LogP contribution < -0.4 is 0 Å². The van der Waals surface area contributed by atoms with Crippen LogP contribution >= 0.6 is 11.6 Å². The molecule has 6 nitrogen and oxygen atoms in total. The quantitative estimate of drug-likeness (QED) is 0.204. The molecule has 7 heteroatoms. The largest absolute Gasteiger partial charge is 0.448 e. The summed E-state index contributed by atoms with van der Waals surface area (Å²) >= 11 is 5.66. The molecule has 0 aromatic heterocycles. The first-order chi connectivity index (χ1) is 17.2. The maximum Gasteiger partial charge on any atom is 0.409 e. The topological polar surface area (TPSA) is 57.2 Å². The lowest BCUT2D eigenvalue weighted by atomic mass is 9.98. The third kappa shape index (κ3) is 8.80. The summed E-state index contributed by atoms with van der Waals surface area (Å²) in [6, 6.07) is 16.6. The highest BCUT2D eigenvalue weighted by Gasteiger charge is 2.29. The number of halogens is 1. The number of amides is 1.